The Labute approximate surface area is 146 Å². The number of amides is 1. The number of aromatic nitrogens is 2. The Morgan fingerprint density at radius 2 is 2.09 bits per heavy atom. The second kappa shape index (κ2) is 7.48. The summed E-state index contributed by atoms with van der Waals surface area (Å²) in [5.41, 5.74) is 2.50. The number of benzene rings is 1. The topological polar surface area (TPSA) is 54.9 Å². The quantitative estimate of drug-likeness (QED) is 0.698. The number of aryl methyl sites for hydroxylation is 1. The molecule has 1 amide bonds. The van der Waals surface area contributed by atoms with E-state index in [2.05, 4.69) is 31.2 Å². The predicted octanol–water partition coefficient (Wildman–Crippen LogP) is 4.54. The third-order valence-electron chi connectivity index (χ3n) is 3.15. The van der Waals surface area contributed by atoms with Gasteiger partial charge in [-0.25, -0.2) is 4.98 Å². The van der Waals surface area contributed by atoms with Gasteiger partial charge in [0.15, 0.2) is 0 Å². The van der Waals surface area contributed by atoms with Crippen LogP contribution in [-0.2, 0) is 11.2 Å². The molecule has 23 heavy (non-hydrogen) atoms. The lowest BCUT2D eigenvalue weighted by Gasteiger charge is -2.04. The van der Waals surface area contributed by atoms with Gasteiger partial charge >= 0.3 is 0 Å². The molecule has 0 unspecified atom stereocenters. The summed E-state index contributed by atoms with van der Waals surface area (Å²) >= 11 is 4.94. The van der Waals surface area contributed by atoms with Crippen LogP contribution in [0.4, 0.5) is 5.69 Å². The number of carbonyl (C=O) groups is 1. The van der Waals surface area contributed by atoms with Gasteiger partial charge in [-0.2, -0.15) is 0 Å². The fourth-order valence-electron chi connectivity index (χ4n) is 2.07. The second-order valence-electron chi connectivity index (χ2n) is 4.90. The van der Waals surface area contributed by atoms with Crippen LogP contribution in [0.25, 0.3) is 11.4 Å². The smallest absolute Gasteiger partial charge is 0.224 e. The Balaban J connectivity index is 1.56. The minimum Gasteiger partial charge on any atom is -0.326 e. The summed E-state index contributed by atoms with van der Waals surface area (Å²) in [6.07, 6.45) is 2.78. The molecule has 0 saturated heterocycles. The number of halogens is 1. The van der Waals surface area contributed by atoms with Crippen molar-refractivity contribution in [3.8, 4) is 11.4 Å². The van der Waals surface area contributed by atoms with Crippen molar-refractivity contribution >= 4 is 38.9 Å². The molecule has 0 aliphatic rings. The number of nitrogens with one attached hydrogen (secondary N) is 1. The van der Waals surface area contributed by atoms with Crippen LogP contribution in [0.15, 0.2) is 58.5 Å². The molecule has 4 nitrogen and oxygen atoms in total. The first-order valence-corrected chi connectivity index (χ1v) is 8.79. The average Bonchev–Trinajstić information content (AvgIpc) is 3.03. The molecule has 2 aromatic heterocycles. The lowest BCUT2D eigenvalue weighted by molar-refractivity contribution is -0.116. The van der Waals surface area contributed by atoms with Gasteiger partial charge in [-0.15, -0.1) is 11.3 Å². The van der Waals surface area contributed by atoms with Gasteiger partial charge in [-0.05, 0) is 30.3 Å². The summed E-state index contributed by atoms with van der Waals surface area (Å²) < 4.78 is 0.940. The molecule has 0 atom stereocenters. The van der Waals surface area contributed by atoms with Gasteiger partial charge in [0, 0.05) is 34.6 Å². The van der Waals surface area contributed by atoms with E-state index >= 15 is 0 Å². The van der Waals surface area contributed by atoms with Gasteiger partial charge in [0.2, 0.25) is 5.91 Å². The molecule has 1 N–H and O–H groups in total. The van der Waals surface area contributed by atoms with Gasteiger partial charge in [0.1, 0.15) is 0 Å². The molecule has 0 bridgehead atoms. The third-order valence-corrected chi connectivity index (χ3v) is 4.56. The van der Waals surface area contributed by atoms with Crippen LogP contribution in [0.5, 0.6) is 0 Å². The lowest BCUT2D eigenvalue weighted by Crippen LogP contribution is -2.12. The van der Waals surface area contributed by atoms with Crippen molar-refractivity contribution in [3.05, 3.63) is 63.5 Å². The van der Waals surface area contributed by atoms with Crippen LogP contribution in [0.2, 0.25) is 0 Å². The van der Waals surface area contributed by atoms with Crippen molar-refractivity contribution in [2.75, 3.05) is 5.32 Å². The summed E-state index contributed by atoms with van der Waals surface area (Å²) in [7, 11) is 0. The lowest BCUT2D eigenvalue weighted by atomic mass is 10.2. The average molecular weight is 388 g/mol. The number of hydrogen-bond acceptors (Lipinski definition) is 4. The van der Waals surface area contributed by atoms with Crippen molar-refractivity contribution in [3.63, 3.8) is 0 Å². The van der Waals surface area contributed by atoms with Crippen molar-refractivity contribution in [1.29, 1.82) is 0 Å². The largest absolute Gasteiger partial charge is 0.326 e. The summed E-state index contributed by atoms with van der Waals surface area (Å²) in [5.74, 6) is -0.0160. The van der Waals surface area contributed by atoms with Crippen molar-refractivity contribution < 1.29 is 4.79 Å². The standard InChI is InChI=1S/C17H14BrN3OS/c18-12-4-3-5-13(10-12)20-16(22)7-8-17-21-15(11-23-17)14-6-1-2-9-19-14/h1-6,9-11H,7-8H2,(H,20,22). The highest BCUT2D eigenvalue weighted by molar-refractivity contribution is 9.10. The summed E-state index contributed by atoms with van der Waals surface area (Å²) in [6, 6.07) is 13.3. The van der Waals surface area contributed by atoms with E-state index in [1.165, 1.54) is 0 Å². The van der Waals surface area contributed by atoms with Gasteiger partial charge in [-0.3, -0.25) is 9.78 Å². The van der Waals surface area contributed by atoms with E-state index < -0.39 is 0 Å². The Morgan fingerprint density at radius 3 is 2.87 bits per heavy atom. The molecule has 3 rings (SSSR count). The summed E-state index contributed by atoms with van der Waals surface area (Å²) in [6.45, 7) is 0. The van der Waals surface area contributed by atoms with Crippen LogP contribution >= 0.6 is 27.3 Å². The highest BCUT2D eigenvalue weighted by Crippen LogP contribution is 2.21. The van der Waals surface area contributed by atoms with E-state index in [-0.39, 0.29) is 5.91 Å². The number of rotatable bonds is 5. The molecule has 116 valence electrons. The highest BCUT2D eigenvalue weighted by atomic mass is 79.9. The minimum absolute atomic E-state index is 0.0160. The van der Waals surface area contributed by atoms with Crippen LogP contribution < -0.4 is 5.32 Å². The van der Waals surface area contributed by atoms with E-state index in [4.69, 9.17) is 0 Å². The fourth-order valence-corrected chi connectivity index (χ4v) is 3.26. The maximum absolute atomic E-state index is 12.0. The normalized spacial score (nSPS) is 10.5. The van der Waals surface area contributed by atoms with Gasteiger partial charge in [0.05, 0.1) is 16.4 Å². The van der Waals surface area contributed by atoms with Crippen molar-refractivity contribution in [2.45, 2.75) is 12.8 Å². The van der Waals surface area contributed by atoms with Crippen LogP contribution in [0.1, 0.15) is 11.4 Å². The predicted molar refractivity (Wildman–Crippen MR) is 96.4 cm³/mol. The zero-order valence-electron chi connectivity index (χ0n) is 12.2. The number of nitrogens with zero attached hydrogens (tertiary/aromatic N) is 2. The van der Waals surface area contributed by atoms with E-state index in [9.17, 15) is 4.79 Å². The van der Waals surface area contributed by atoms with Crippen LogP contribution in [0, 0.1) is 0 Å². The van der Waals surface area contributed by atoms with E-state index in [0.29, 0.717) is 12.8 Å². The highest BCUT2D eigenvalue weighted by Gasteiger charge is 2.08. The number of hydrogen-bond donors (Lipinski definition) is 1. The monoisotopic (exact) mass is 387 g/mol. The third kappa shape index (κ3) is 4.46. The van der Waals surface area contributed by atoms with Gasteiger partial charge in [-0.1, -0.05) is 28.1 Å². The molecule has 0 aliphatic heterocycles. The number of anilines is 1. The maximum atomic E-state index is 12.0. The van der Waals surface area contributed by atoms with Crippen LogP contribution in [-0.4, -0.2) is 15.9 Å². The molecular weight excluding hydrogens is 374 g/mol. The van der Waals surface area contributed by atoms with E-state index in [0.717, 1.165) is 26.6 Å². The molecule has 6 heteroatoms. The zero-order chi connectivity index (χ0) is 16.1. The van der Waals surface area contributed by atoms with Crippen molar-refractivity contribution in [2.24, 2.45) is 0 Å². The maximum Gasteiger partial charge on any atom is 0.224 e. The first-order chi connectivity index (χ1) is 11.2. The number of thiazole rings is 1. The van der Waals surface area contributed by atoms with E-state index in [1.54, 1.807) is 17.5 Å². The molecule has 0 spiro atoms. The molecule has 1 aromatic carbocycles. The Kier molecular flexibility index (Phi) is 5.15. The van der Waals surface area contributed by atoms with Gasteiger partial charge < -0.3 is 5.32 Å². The molecule has 0 radical (unpaired) electrons. The molecular formula is C17H14BrN3OS. The van der Waals surface area contributed by atoms with E-state index in [1.807, 2.05) is 47.8 Å². The number of carbonyl (C=O) groups excluding carboxylic acids is 1. The Hall–Kier alpha value is -2.05. The second-order valence-corrected chi connectivity index (χ2v) is 6.76. The molecule has 2 heterocycles. The fraction of sp³-hybridized carbons (Fsp3) is 0.118. The first-order valence-electron chi connectivity index (χ1n) is 7.12. The zero-order valence-corrected chi connectivity index (χ0v) is 14.6. The Bertz CT molecular complexity index is 804. The molecule has 0 fully saturated rings. The number of pyridine rings is 1. The van der Waals surface area contributed by atoms with Crippen LogP contribution in [0.3, 0.4) is 0 Å². The SMILES string of the molecule is O=C(CCc1nc(-c2ccccn2)cs1)Nc1cccc(Br)c1. The minimum atomic E-state index is -0.0160. The molecule has 0 aliphatic carbocycles. The first kappa shape index (κ1) is 15.8. The van der Waals surface area contributed by atoms with Gasteiger partial charge in [0.25, 0.3) is 0 Å². The molecule has 3 aromatic rings. The van der Waals surface area contributed by atoms with Crippen molar-refractivity contribution in [1.82, 2.24) is 9.97 Å². The Morgan fingerprint density at radius 1 is 1.17 bits per heavy atom. The summed E-state index contributed by atoms with van der Waals surface area (Å²) in [4.78, 5) is 20.8. The summed E-state index contributed by atoms with van der Waals surface area (Å²) in [5, 5.41) is 5.80. The molecule has 0 saturated carbocycles.